The number of hydrogen-bond acceptors (Lipinski definition) is 4. The molecule has 2 aromatic heterocycles. The number of fused-ring (bicyclic) bond motifs is 1. The Hall–Kier alpha value is -2.12. The highest BCUT2D eigenvalue weighted by molar-refractivity contribution is 7.99. The second-order valence-corrected chi connectivity index (χ2v) is 8.68. The summed E-state index contributed by atoms with van der Waals surface area (Å²) in [5.41, 5.74) is 3.56. The van der Waals surface area contributed by atoms with Gasteiger partial charge in [0.25, 0.3) is 0 Å². The Bertz CT molecular complexity index is 921. The highest BCUT2D eigenvalue weighted by Crippen LogP contribution is 2.36. The first-order valence-corrected chi connectivity index (χ1v) is 11.4. The predicted molar refractivity (Wildman–Crippen MR) is 116 cm³/mol. The molecule has 154 valence electrons. The third-order valence-electron chi connectivity index (χ3n) is 5.62. The minimum absolute atomic E-state index is 0.103. The van der Waals surface area contributed by atoms with Crippen LogP contribution in [0.15, 0.2) is 41.7 Å². The van der Waals surface area contributed by atoms with Gasteiger partial charge in [0.2, 0.25) is 0 Å². The Balaban J connectivity index is 1.11. The van der Waals surface area contributed by atoms with E-state index in [1.165, 1.54) is 11.1 Å². The molecule has 0 amide bonds. The lowest BCUT2D eigenvalue weighted by Gasteiger charge is -2.12. The number of aromatic amines is 1. The molecule has 2 N–H and O–H groups in total. The van der Waals surface area contributed by atoms with Crippen molar-refractivity contribution in [1.82, 2.24) is 25.1 Å². The standard InChI is InChI=1S/C22H28FN5S/c1-28-21(20-6-3-13-25-20)26-27-22(28)29-14-4-12-24-11-2-5-16-7-8-17-9-10-18(23)15-19(16)17/h3,6,9-10,13,15-16,24-25H,2,4-5,7-8,11-12,14H2,1H3. The Labute approximate surface area is 175 Å². The van der Waals surface area contributed by atoms with Gasteiger partial charge < -0.3 is 14.9 Å². The second-order valence-electron chi connectivity index (χ2n) is 7.62. The summed E-state index contributed by atoms with van der Waals surface area (Å²) in [7, 11) is 2.00. The molecular formula is C22H28FN5S. The van der Waals surface area contributed by atoms with E-state index in [1.807, 2.05) is 36.0 Å². The lowest BCUT2D eigenvalue weighted by Crippen LogP contribution is -2.17. The molecule has 7 heteroatoms. The number of hydrogen-bond donors (Lipinski definition) is 2. The van der Waals surface area contributed by atoms with Gasteiger partial charge in [-0.05, 0) is 86.5 Å². The van der Waals surface area contributed by atoms with Crippen LogP contribution in [-0.2, 0) is 13.5 Å². The smallest absolute Gasteiger partial charge is 0.191 e. The maximum Gasteiger partial charge on any atom is 0.191 e. The van der Waals surface area contributed by atoms with Crippen molar-refractivity contribution < 1.29 is 4.39 Å². The van der Waals surface area contributed by atoms with Crippen LogP contribution < -0.4 is 5.32 Å². The number of aryl methyl sites for hydroxylation is 1. The number of benzene rings is 1. The molecule has 1 aromatic carbocycles. The van der Waals surface area contributed by atoms with Crippen LogP contribution in [0.5, 0.6) is 0 Å². The largest absolute Gasteiger partial charge is 0.359 e. The molecule has 0 saturated heterocycles. The quantitative estimate of drug-likeness (QED) is 0.379. The summed E-state index contributed by atoms with van der Waals surface area (Å²) in [5, 5.41) is 13.1. The molecule has 1 aliphatic carbocycles. The van der Waals surface area contributed by atoms with Gasteiger partial charge >= 0.3 is 0 Å². The Morgan fingerprint density at radius 1 is 1.24 bits per heavy atom. The van der Waals surface area contributed by atoms with Crippen molar-refractivity contribution in [2.24, 2.45) is 7.05 Å². The fourth-order valence-corrected chi connectivity index (χ4v) is 4.91. The SMILES string of the molecule is Cn1c(SCCCNCCCC2CCc3ccc(F)cc32)nnc1-c1ccc[nH]1. The maximum absolute atomic E-state index is 13.5. The van der Waals surface area contributed by atoms with Gasteiger partial charge in [0.05, 0.1) is 5.69 Å². The first kappa shape index (κ1) is 20.2. The van der Waals surface area contributed by atoms with Crippen LogP contribution in [0.25, 0.3) is 11.5 Å². The van der Waals surface area contributed by atoms with Crippen LogP contribution in [0.1, 0.15) is 42.7 Å². The van der Waals surface area contributed by atoms with Crippen molar-refractivity contribution in [3.63, 3.8) is 0 Å². The normalized spacial score (nSPS) is 15.7. The van der Waals surface area contributed by atoms with E-state index in [0.29, 0.717) is 5.92 Å². The van der Waals surface area contributed by atoms with E-state index in [2.05, 4.69) is 20.5 Å². The van der Waals surface area contributed by atoms with Crippen LogP contribution in [0.3, 0.4) is 0 Å². The third-order valence-corrected chi connectivity index (χ3v) is 6.73. The summed E-state index contributed by atoms with van der Waals surface area (Å²) in [6.07, 6.45) is 7.52. The Morgan fingerprint density at radius 2 is 2.14 bits per heavy atom. The Morgan fingerprint density at radius 3 is 3.00 bits per heavy atom. The van der Waals surface area contributed by atoms with Crippen LogP contribution in [-0.4, -0.2) is 38.6 Å². The van der Waals surface area contributed by atoms with E-state index < -0.39 is 0 Å². The molecular weight excluding hydrogens is 385 g/mol. The van der Waals surface area contributed by atoms with Crippen molar-refractivity contribution in [1.29, 1.82) is 0 Å². The molecule has 1 unspecified atom stereocenters. The molecule has 0 radical (unpaired) electrons. The van der Waals surface area contributed by atoms with E-state index in [-0.39, 0.29) is 5.82 Å². The van der Waals surface area contributed by atoms with E-state index in [0.717, 1.165) is 67.6 Å². The minimum Gasteiger partial charge on any atom is -0.359 e. The lowest BCUT2D eigenvalue weighted by molar-refractivity contribution is 0.549. The van der Waals surface area contributed by atoms with E-state index in [1.54, 1.807) is 23.9 Å². The zero-order chi connectivity index (χ0) is 20.1. The third kappa shape index (κ3) is 4.90. The molecule has 1 aliphatic rings. The molecule has 2 heterocycles. The summed E-state index contributed by atoms with van der Waals surface area (Å²) >= 11 is 1.74. The average molecular weight is 414 g/mol. The van der Waals surface area contributed by atoms with E-state index >= 15 is 0 Å². The highest BCUT2D eigenvalue weighted by atomic mass is 32.2. The van der Waals surface area contributed by atoms with Crippen molar-refractivity contribution in [2.75, 3.05) is 18.8 Å². The molecule has 0 bridgehead atoms. The monoisotopic (exact) mass is 413 g/mol. The van der Waals surface area contributed by atoms with Gasteiger partial charge in [0, 0.05) is 19.0 Å². The first-order valence-electron chi connectivity index (χ1n) is 10.4. The van der Waals surface area contributed by atoms with Crippen molar-refractivity contribution in [2.45, 2.75) is 43.2 Å². The maximum atomic E-state index is 13.5. The fraction of sp³-hybridized carbons (Fsp3) is 0.455. The van der Waals surface area contributed by atoms with Gasteiger partial charge in [-0.25, -0.2) is 4.39 Å². The summed E-state index contributed by atoms with van der Waals surface area (Å²) < 4.78 is 15.5. The number of thioether (sulfide) groups is 1. The average Bonchev–Trinajstić information content (AvgIpc) is 3.45. The number of nitrogens with one attached hydrogen (secondary N) is 2. The van der Waals surface area contributed by atoms with Crippen LogP contribution in [0.2, 0.25) is 0 Å². The van der Waals surface area contributed by atoms with Crippen molar-refractivity contribution in [3.05, 3.63) is 53.5 Å². The topological polar surface area (TPSA) is 58.5 Å². The van der Waals surface area contributed by atoms with Gasteiger partial charge in [-0.1, -0.05) is 17.8 Å². The zero-order valence-electron chi connectivity index (χ0n) is 16.8. The predicted octanol–water partition coefficient (Wildman–Crippen LogP) is 4.53. The van der Waals surface area contributed by atoms with E-state index in [9.17, 15) is 4.39 Å². The number of halogens is 1. The second kappa shape index (κ2) is 9.59. The van der Waals surface area contributed by atoms with Crippen LogP contribution in [0.4, 0.5) is 4.39 Å². The summed E-state index contributed by atoms with van der Waals surface area (Å²) in [6, 6.07) is 9.25. The number of aromatic nitrogens is 4. The highest BCUT2D eigenvalue weighted by Gasteiger charge is 2.22. The molecule has 3 aromatic rings. The summed E-state index contributed by atoms with van der Waals surface area (Å²) in [4.78, 5) is 3.17. The number of rotatable bonds is 10. The fourth-order valence-electron chi connectivity index (χ4n) is 4.06. The molecule has 0 fully saturated rings. The molecule has 0 aliphatic heterocycles. The van der Waals surface area contributed by atoms with Gasteiger partial charge in [0.15, 0.2) is 11.0 Å². The van der Waals surface area contributed by atoms with Gasteiger partial charge in [0.1, 0.15) is 5.82 Å². The molecule has 0 saturated carbocycles. The van der Waals surface area contributed by atoms with Crippen LogP contribution in [0, 0.1) is 5.82 Å². The summed E-state index contributed by atoms with van der Waals surface area (Å²) in [6.45, 7) is 2.02. The lowest BCUT2D eigenvalue weighted by atomic mass is 9.96. The van der Waals surface area contributed by atoms with Crippen molar-refractivity contribution >= 4 is 11.8 Å². The Kier molecular flexibility index (Phi) is 6.67. The molecule has 4 rings (SSSR count). The van der Waals surface area contributed by atoms with Crippen LogP contribution >= 0.6 is 11.8 Å². The molecule has 1 atom stereocenters. The van der Waals surface area contributed by atoms with Crippen molar-refractivity contribution in [3.8, 4) is 11.5 Å². The van der Waals surface area contributed by atoms with Gasteiger partial charge in [-0.15, -0.1) is 10.2 Å². The van der Waals surface area contributed by atoms with Gasteiger partial charge in [-0.3, -0.25) is 0 Å². The van der Waals surface area contributed by atoms with E-state index in [4.69, 9.17) is 0 Å². The molecule has 0 spiro atoms. The number of H-pyrrole nitrogens is 1. The number of nitrogens with zero attached hydrogens (tertiary/aromatic N) is 3. The zero-order valence-corrected chi connectivity index (χ0v) is 17.6. The van der Waals surface area contributed by atoms with Gasteiger partial charge in [-0.2, -0.15) is 0 Å². The molecule has 29 heavy (non-hydrogen) atoms. The summed E-state index contributed by atoms with van der Waals surface area (Å²) in [5.74, 6) is 2.31. The molecule has 5 nitrogen and oxygen atoms in total. The first-order chi connectivity index (χ1) is 14.2. The minimum atomic E-state index is -0.103.